The molecule has 10 heteroatoms. The van der Waals surface area contributed by atoms with Crippen LogP contribution in [0.4, 0.5) is 14.5 Å². The van der Waals surface area contributed by atoms with Crippen LogP contribution < -0.4 is 10.1 Å². The van der Waals surface area contributed by atoms with Gasteiger partial charge in [-0.25, -0.2) is 13.5 Å². The molecule has 2 heterocycles. The predicted molar refractivity (Wildman–Crippen MR) is 119 cm³/mol. The zero-order valence-corrected chi connectivity index (χ0v) is 18.6. The Labute approximate surface area is 193 Å². The Morgan fingerprint density at radius 3 is 2.58 bits per heavy atom. The summed E-state index contributed by atoms with van der Waals surface area (Å²) in [7, 11) is 0. The van der Waals surface area contributed by atoms with Gasteiger partial charge in [0.05, 0.1) is 23.6 Å². The maximum absolute atomic E-state index is 13.7. The smallest absolute Gasteiger partial charge is 0.276 e. The molecule has 0 radical (unpaired) electrons. The van der Waals surface area contributed by atoms with Crippen molar-refractivity contribution in [2.75, 3.05) is 5.32 Å². The Morgan fingerprint density at radius 1 is 1.09 bits per heavy atom. The van der Waals surface area contributed by atoms with Crippen LogP contribution in [0.15, 0.2) is 54.7 Å². The molecule has 0 unspecified atom stereocenters. The zero-order valence-electron chi connectivity index (χ0n) is 17.8. The number of carbonyl (C=O) groups excluding carboxylic acids is 1. The number of ether oxygens (including phenoxy) is 1. The van der Waals surface area contributed by atoms with Gasteiger partial charge in [-0.1, -0.05) is 23.7 Å². The van der Waals surface area contributed by atoms with Gasteiger partial charge in [-0.2, -0.15) is 10.2 Å². The van der Waals surface area contributed by atoms with Crippen LogP contribution in [0, 0.1) is 25.5 Å². The van der Waals surface area contributed by atoms with Crippen molar-refractivity contribution in [1.82, 2.24) is 19.6 Å². The van der Waals surface area contributed by atoms with Crippen LogP contribution >= 0.6 is 11.6 Å². The van der Waals surface area contributed by atoms with E-state index in [0.717, 1.165) is 23.4 Å². The molecule has 33 heavy (non-hydrogen) atoms. The maximum atomic E-state index is 13.7. The van der Waals surface area contributed by atoms with Crippen LogP contribution in [0.2, 0.25) is 5.02 Å². The van der Waals surface area contributed by atoms with Crippen molar-refractivity contribution < 1.29 is 18.3 Å². The molecule has 0 spiro atoms. The quantitative estimate of drug-likeness (QED) is 0.413. The van der Waals surface area contributed by atoms with Crippen LogP contribution in [0.25, 0.3) is 0 Å². The molecule has 0 fully saturated rings. The molecule has 0 aliphatic rings. The Kier molecular flexibility index (Phi) is 6.41. The first-order chi connectivity index (χ1) is 15.8. The lowest BCUT2D eigenvalue weighted by Gasteiger charge is -2.08. The van der Waals surface area contributed by atoms with Gasteiger partial charge in [0.25, 0.3) is 5.91 Å². The van der Waals surface area contributed by atoms with Gasteiger partial charge in [-0.05, 0) is 49.7 Å². The third-order valence-corrected chi connectivity index (χ3v) is 5.24. The highest BCUT2D eigenvalue weighted by Gasteiger charge is 2.17. The Hall–Kier alpha value is -3.72. The number of anilines is 1. The lowest BCUT2D eigenvalue weighted by atomic mass is 10.2. The fourth-order valence-electron chi connectivity index (χ4n) is 3.25. The number of nitrogens with zero attached hydrogens (tertiary/aromatic N) is 4. The molecule has 2 aromatic carbocycles. The third kappa shape index (κ3) is 5.20. The Morgan fingerprint density at radius 2 is 1.85 bits per heavy atom. The standard InChI is InChI=1S/C23H20ClF2N5O2/c1-14-22(15(2)31(28-14)12-16-3-5-17(24)6-4-16)27-23(32)20-9-10-30(29-20)13-33-21-8-7-18(25)11-19(21)26/h3-11H,12-13H2,1-2H3,(H,27,32). The second-order valence-electron chi connectivity index (χ2n) is 7.37. The average Bonchev–Trinajstić information content (AvgIpc) is 3.35. The summed E-state index contributed by atoms with van der Waals surface area (Å²) < 4.78 is 35.1. The lowest BCUT2D eigenvalue weighted by molar-refractivity contribution is 0.102. The number of aryl methyl sites for hydroxylation is 1. The summed E-state index contributed by atoms with van der Waals surface area (Å²) in [6, 6.07) is 12.0. The summed E-state index contributed by atoms with van der Waals surface area (Å²) in [5.41, 5.74) is 3.25. The largest absolute Gasteiger partial charge is 0.468 e. The van der Waals surface area contributed by atoms with Crippen molar-refractivity contribution in [3.63, 3.8) is 0 Å². The number of benzene rings is 2. The minimum absolute atomic E-state index is 0.114. The highest BCUT2D eigenvalue weighted by atomic mass is 35.5. The van der Waals surface area contributed by atoms with E-state index in [0.29, 0.717) is 22.9 Å². The number of nitrogens with one attached hydrogen (secondary N) is 1. The SMILES string of the molecule is Cc1nn(Cc2ccc(Cl)cc2)c(C)c1NC(=O)c1ccn(COc2ccc(F)cc2F)n1. The summed E-state index contributed by atoms with van der Waals surface area (Å²) in [5.74, 6) is -2.04. The molecule has 2 aromatic heterocycles. The molecule has 0 saturated heterocycles. The van der Waals surface area contributed by atoms with Crippen LogP contribution in [0.5, 0.6) is 5.75 Å². The van der Waals surface area contributed by atoms with E-state index in [-0.39, 0.29) is 18.2 Å². The van der Waals surface area contributed by atoms with Crippen molar-refractivity contribution in [2.24, 2.45) is 0 Å². The highest BCUT2D eigenvalue weighted by Crippen LogP contribution is 2.22. The molecule has 4 rings (SSSR count). The Balaban J connectivity index is 1.42. The van der Waals surface area contributed by atoms with Gasteiger partial charge >= 0.3 is 0 Å². The average molecular weight is 472 g/mol. The molecule has 170 valence electrons. The molecule has 4 aromatic rings. The van der Waals surface area contributed by atoms with Gasteiger partial charge in [-0.15, -0.1) is 0 Å². The summed E-state index contributed by atoms with van der Waals surface area (Å²) in [6.45, 7) is 4.07. The van der Waals surface area contributed by atoms with Crippen molar-refractivity contribution in [1.29, 1.82) is 0 Å². The van der Waals surface area contributed by atoms with Crippen molar-refractivity contribution >= 4 is 23.2 Å². The first-order valence-electron chi connectivity index (χ1n) is 10.0. The van der Waals surface area contributed by atoms with Crippen LogP contribution in [0.3, 0.4) is 0 Å². The molecular formula is C23H20ClF2N5O2. The molecule has 7 nitrogen and oxygen atoms in total. The van der Waals surface area contributed by atoms with Crippen molar-refractivity contribution in [2.45, 2.75) is 27.1 Å². The predicted octanol–water partition coefficient (Wildman–Crippen LogP) is 4.97. The van der Waals surface area contributed by atoms with E-state index in [1.807, 2.05) is 38.1 Å². The number of hydrogen-bond donors (Lipinski definition) is 1. The number of aromatic nitrogens is 4. The van der Waals surface area contributed by atoms with Crippen molar-refractivity contribution in [3.8, 4) is 5.75 Å². The summed E-state index contributed by atoms with van der Waals surface area (Å²) in [6.07, 6.45) is 1.53. The van der Waals surface area contributed by atoms with E-state index in [1.165, 1.54) is 23.0 Å². The van der Waals surface area contributed by atoms with E-state index >= 15 is 0 Å². The molecule has 0 atom stereocenters. The molecule has 1 amide bonds. The molecule has 0 bridgehead atoms. The first kappa shape index (κ1) is 22.5. The van der Waals surface area contributed by atoms with Gasteiger partial charge in [0, 0.05) is 17.3 Å². The Bertz CT molecular complexity index is 1300. The summed E-state index contributed by atoms with van der Waals surface area (Å²) in [4.78, 5) is 12.7. The van der Waals surface area contributed by atoms with Crippen LogP contribution in [-0.2, 0) is 13.3 Å². The minimum atomic E-state index is -0.818. The van der Waals surface area contributed by atoms with E-state index in [2.05, 4.69) is 15.5 Å². The summed E-state index contributed by atoms with van der Waals surface area (Å²) in [5, 5.41) is 12.2. The topological polar surface area (TPSA) is 74.0 Å². The van der Waals surface area contributed by atoms with Gasteiger partial charge in [0.1, 0.15) is 5.82 Å². The molecule has 0 aliphatic heterocycles. The van der Waals surface area contributed by atoms with Gasteiger partial charge < -0.3 is 10.1 Å². The van der Waals surface area contributed by atoms with Crippen molar-refractivity contribution in [3.05, 3.63) is 94.0 Å². The molecule has 1 N–H and O–H groups in total. The number of carbonyl (C=O) groups is 1. The number of hydrogen-bond acceptors (Lipinski definition) is 4. The fraction of sp³-hybridized carbons (Fsp3) is 0.174. The zero-order chi connectivity index (χ0) is 23.5. The molecule has 0 aliphatic carbocycles. The first-order valence-corrected chi connectivity index (χ1v) is 10.4. The lowest BCUT2D eigenvalue weighted by Crippen LogP contribution is -2.15. The number of rotatable bonds is 7. The summed E-state index contributed by atoms with van der Waals surface area (Å²) >= 11 is 5.94. The van der Waals surface area contributed by atoms with Gasteiger partial charge in [-0.3, -0.25) is 9.48 Å². The van der Waals surface area contributed by atoms with E-state index in [1.54, 1.807) is 4.68 Å². The van der Waals surface area contributed by atoms with E-state index in [4.69, 9.17) is 16.3 Å². The maximum Gasteiger partial charge on any atom is 0.276 e. The van der Waals surface area contributed by atoms with E-state index in [9.17, 15) is 13.6 Å². The fourth-order valence-corrected chi connectivity index (χ4v) is 3.38. The molecule has 0 saturated carbocycles. The van der Waals surface area contributed by atoms with Gasteiger partial charge in [0.15, 0.2) is 24.0 Å². The van der Waals surface area contributed by atoms with Gasteiger partial charge in [0.2, 0.25) is 0 Å². The van der Waals surface area contributed by atoms with Crippen LogP contribution in [-0.4, -0.2) is 25.5 Å². The van der Waals surface area contributed by atoms with E-state index < -0.39 is 17.5 Å². The second-order valence-corrected chi connectivity index (χ2v) is 7.81. The molecular weight excluding hydrogens is 452 g/mol. The number of halogens is 3. The second kappa shape index (κ2) is 9.41. The number of amides is 1. The third-order valence-electron chi connectivity index (χ3n) is 4.99. The highest BCUT2D eigenvalue weighted by molar-refractivity contribution is 6.30. The monoisotopic (exact) mass is 471 g/mol. The van der Waals surface area contributed by atoms with Crippen LogP contribution in [0.1, 0.15) is 27.4 Å². The minimum Gasteiger partial charge on any atom is -0.468 e. The normalized spacial score (nSPS) is 10.9.